The summed E-state index contributed by atoms with van der Waals surface area (Å²) < 4.78 is 11.1. The Hall–Kier alpha value is -1.72. The second-order valence-corrected chi connectivity index (χ2v) is 5.98. The molecule has 5 nitrogen and oxygen atoms in total. The van der Waals surface area contributed by atoms with E-state index in [4.69, 9.17) is 15.2 Å². The summed E-state index contributed by atoms with van der Waals surface area (Å²) in [6.45, 7) is 3.72. The maximum atomic E-state index is 12.7. The molecule has 0 aromatic heterocycles. The summed E-state index contributed by atoms with van der Waals surface area (Å²) in [5, 5.41) is 0. The van der Waals surface area contributed by atoms with Gasteiger partial charge in [-0.3, -0.25) is 4.79 Å². The van der Waals surface area contributed by atoms with Gasteiger partial charge >= 0.3 is 0 Å². The van der Waals surface area contributed by atoms with Crippen LogP contribution in [0.2, 0.25) is 0 Å². The summed E-state index contributed by atoms with van der Waals surface area (Å²) in [7, 11) is 1.61. The Morgan fingerprint density at radius 2 is 2.26 bits per heavy atom. The first-order valence-electron chi connectivity index (χ1n) is 7.65. The standard InChI is InChI=1S/C17H22N2O3.ClH/c1-11-6-12(8-18)9-19(11)17(20)14-7-13-4-3-5-15(21-2)16(13)22-10-14;/h3-5,7,11-12H,6,8-10,18H2,1-2H3;1H. The maximum absolute atomic E-state index is 12.7. The van der Waals surface area contributed by atoms with E-state index >= 15 is 0 Å². The molecule has 0 radical (unpaired) electrons. The summed E-state index contributed by atoms with van der Waals surface area (Å²) in [4.78, 5) is 14.7. The van der Waals surface area contributed by atoms with Crippen molar-refractivity contribution in [2.45, 2.75) is 19.4 Å². The van der Waals surface area contributed by atoms with Crippen LogP contribution in [-0.2, 0) is 4.79 Å². The number of carbonyl (C=O) groups excluding carboxylic acids is 1. The Kier molecular flexibility index (Phi) is 5.55. The second-order valence-electron chi connectivity index (χ2n) is 5.98. The number of fused-ring (bicyclic) bond motifs is 1. The number of nitrogens with zero attached hydrogens (tertiary/aromatic N) is 1. The van der Waals surface area contributed by atoms with E-state index in [1.807, 2.05) is 29.2 Å². The topological polar surface area (TPSA) is 64.8 Å². The molecule has 6 heteroatoms. The van der Waals surface area contributed by atoms with Gasteiger partial charge in [-0.05, 0) is 37.9 Å². The molecule has 0 saturated carbocycles. The zero-order valence-electron chi connectivity index (χ0n) is 13.5. The molecule has 1 aromatic carbocycles. The largest absolute Gasteiger partial charge is 0.493 e. The van der Waals surface area contributed by atoms with E-state index in [2.05, 4.69) is 6.92 Å². The molecule has 1 aromatic rings. The summed E-state index contributed by atoms with van der Waals surface area (Å²) >= 11 is 0. The lowest BCUT2D eigenvalue weighted by Crippen LogP contribution is -2.37. The van der Waals surface area contributed by atoms with Crippen LogP contribution in [0.25, 0.3) is 6.08 Å². The number of carbonyl (C=O) groups is 1. The van der Waals surface area contributed by atoms with Crippen LogP contribution in [0.1, 0.15) is 18.9 Å². The molecule has 2 N–H and O–H groups in total. The van der Waals surface area contributed by atoms with Gasteiger partial charge in [0.25, 0.3) is 5.91 Å². The smallest absolute Gasteiger partial charge is 0.253 e. The number of halogens is 1. The van der Waals surface area contributed by atoms with Crippen molar-refractivity contribution in [1.29, 1.82) is 0 Å². The van der Waals surface area contributed by atoms with Gasteiger partial charge in [0.1, 0.15) is 6.61 Å². The van der Waals surface area contributed by atoms with E-state index in [9.17, 15) is 4.79 Å². The fraction of sp³-hybridized carbons (Fsp3) is 0.471. The predicted octanol–water partition coefficient (Wildman–Crippen LogP) is 2.09. The Balaban J connectivity index is 0.00000192. The van der Waals surface area contributed by atoms with E-state index in [1.54, 1.807) is 7.11 Å². The highest BCUT2D eigenvalue weighted by Crippen LogP contribution is 2.36. The number of ether oxygens (including phenoxy) is 2. The Morgan fingerprint density at radius 3 is 2.91 bits per heavy atom. The third-order valence-corrected chi connectivity index (χ3v) is 4.46. The highest BCUT2D eigenvalue weighted by Gasteiger charge is 2.34. The van der Waals surface area contributed by atoms with E-state index in [0.29, 0.717) is 29.5 Å². The lowest BCUT2D eigenvalue weighted by atomic mass is 10.1. The summed E-state index contributed by atoms with van der Waals surface area (Å²) in [5.41, 5.74) is 7.31. The van der Waals surface area contributed by atoms with E-state index in [0.717, 1.165) is 18.5 Å². The minimum absolute atomic E-state index is 0. The van der Waals surface area contributed by atoms with E-state index in [1.165, 1.54) is 0 Å². The van der Waals surface area contributed by atoms with Crippen LogP contribution in [0.4, 0.5) is 0 Å². The van der Waals surface area contributed by atoms with Crippen molar-refractivity contribution in [2.24, 2.45) is 11.7 Å². The molecule has 2 aliphatic rings. The van der Waals surface area contributed by atoms with Crippen molar-refractivity contribution in [3.63, 3.8) is 0 Å². The van der Waals surface area contributed by atoms with Crippen LogP contribution in [0.5, 0.6) is 11.5 Å². The minimum Gasteiger partial charge on any atom is -0.493 e. The molecule has 1 fully saturated rings. The Morgan fingerprint density at radius 1 is 1.48 bits per heavy atom. The third kappa shape index (κ3) is 3.31. The van der Waals surface area contributed by atoms with Gasteiger partial charge < -0.3 is 20.1 Å². The summed E-state index contributed by atoms with van der Waals surface area (Å²) in [6.07, 6.45) is 2.88. The molecule has 0 spiro atoms. The maximum Gasteiger partial charge on any atom is 0.253 e. The average Bonchev–Trinajstić information content (AvgIpc) is 2.94. The number of hydrogen-bond acceptors (Lipinski definition) is 4. The number of rotatable bonds is 3. The number of amides is 1. The van der Waals surface area contributed by atoms with Crippen molar-refractivity contribution in [3.8, 4) is 11.5 Å². The van der Waals surface area contributed by atoms with Crippen LogP contribution in [-0.4, -0.2) is 43.7 Å². The molecule has 2 unspecified atom stereocenters. The molecule has 0 aliphatic carbocycles. The van der Waals surface area contributed by atoms with Crippen molar-refractivity contribution in [2.75, 3.05) is 26.8 Å². The normalized spacial score (nSPS) is 22.6. The fourth-order valence-corrected chi connectivity index (χ4v) is 3.25. The van der Waals surface area contributed by atoms with E-state index in [-0.39, 0.29) is 31.0 Å². The summed E-state index contributed by atoms with van der Waals surface area (Å²) in [6, 6.07) is 5.91. The van der Waals surface area contributed by atoms with Crippen molar-refractivity contribution in [1.82, 2.24) is 4.90 Å². The minimum atomic E-state index is 0. The van der Waals surface area contributed by atoms with Crippen LogP contribution < -0.4 is 15.2 Å². The lowest BCUT2D eigenvalue weighted by molar-refractivity contribution is -0.128. The molecule has 126 valence electrons. The Bertz CT molecular complexity index is 618. The molecule has 2 heterocycles. The number of hydrogen-bond donors (Lipinski definition) is 1. The molecule has 3 rings (SSSR count). The van der Waals surface area contributed by atoms with Crippen LogP contribution >= 0.6 is 12.4 Å². The first kappa shape index (κ1) is 17.6. The van der Waals surface area contributed by atoms with Crippen LogP contribution in [0, 0.1) is 5.92 Å². The van der Waals surface area contributed by atoms with Crippen molar-refractivity contribution in [3.05, 3.63) is 29.3 Å². The van der Waals surface area contributed by atoms with Gasteiger partial charge in [-0.1, -0.05) is 12.1 Å². The van der Waals surface area contributed by atoms with Gasteiger partial charge in [-0.25, -0.2) is 0 Å². The SMILES string of the molecule is COc1cccc2c1OCC(C(=O)N1CC(CN)CC1C)=C2.Cl. The van der Waals surface area contributed by atoms with Gasteiger partial charge in [0.15, 0.2) is 11.5 Å². The number of methoxy groups -OCH3 is 1. The van der Waals surface area contributed by atoms with E-state index < -0.39 is 0 Å². The molecule has 23 heavy (non-hydrogen) atoms. The lowest BCUT2D eigenvalue weighted by Gasteiger charge is -2.26. The number of benzene rings is 1. The van der Waals surface area contributed by atoms with Crippen molar-refractivity contribution < 1.29 is 14.3 Å². The fourth-order valence-electron chi connectivity index (χ4n) is 3.25. The molecule has 0 bridgehead atoms. The quantitative estimate of drug-likeness (QED) is 0.916. The molecular formula is C17H23ClN2O3. The molecule has 1 amide bonds. The number of nitrogens with two attached hydrogens (primary N) is 1. The van der Waals surface area contributed by atoms with Crippen molar-refractivity contribution >= 4 is 24.4 Å². The van der Waals surface area contributed by atoms with Gasteiger partial charge in [-0.15, -0.1) is 12.4 Å². The van der Waals surface area contributed by atoms with Crippen LogP contribution in [0.15, 0.2) is 23.8 Å². The third-order valence-electron chi connectivity index (χ3n) is 4.46. The van der Waals surface area contributed by atoms with Gasteiger partial charge in [-0.2, -0.15) is 0 Å². The first-order chi connectivity index (χ1) is 10.6. The van der Waals surface area contributed by atoms with Gasteiger partial charge in [0, 0.05) is 18.2 Å². The zero-order chi connectivity index (χ0) is 15.7. The molecule has 2 aliphatic heterocycles. The van der Waals surface area contributed by atoms with Gasteiger partial charge in [0.2, 0.25) is 0 Å². The molecular weight excluding hydrogens is 316 g/mol. The molecule has 2 atom stereocenters. The highest BCUT2D eigenvalue weighted by molar-refractivity contribution is 5.99. The second kappa shape index (κ2) is 7.23. The average molecular weight is 339 g/mol. The zero-order valence-corrected chi connectivity index (χ0v) is 14.3. The molecule has 1 saturated heterocycles. The number of para-hydroxylation sites is 1. The first-order valence-corrected chi connectivity index (χ1v) is 7.65. The number of likely N-dealkylation sites (tertiary alicyclic amines) is 1. The Labute approximate surface area is 142 Å². The predicted molar refractivity (Wildman–Crippen MR) is 92.1 cm³/mol. The van der Waals surface area contributed by atoms with Crippen LogP contribution in [0.3, 0.4) is 0 Å². The monoisotopic (exact) mass is 338 g/mol. The summed E-state index contributed by atoms with van der Waals surface area (Å²) in [5.74, 6) is 1.85. The highest BCUT2D eigenvalue weighted by atomic mass is 35.5. The van der Waals surface area contributed by atoms with Gasteiger partial charge in [0.05, 0.1) is 12.7 Å².